The Balaban J connectivity index is 2.24. The summed E-state index contributed by atoms with van der Waals surface area (Å²) in [5, 5.41) is 11.4. The highest BCUT2D eigenvalue weighted by Crippen LogP contribution is 1.96. The molecule has 0 aliphatic heterocycles. The number of aliphatic hydroxyl groups is 1. The summed E-state index contributed by atoms with van der Waals surface area (Å²) in [7, 11) is 0. The van der Waals surface area contributed by atoms with Crippen LogP contribution in [0.2, 0.25) is 0 Å². The number of hydrogen-bond donors (Lipinski definition) is 2. The summed E-state index contributed by atoms with van der Waals surface area (Å²) in [6.45, 7) is 0.500. The van der Waals surface area contributed by atoms with Gasteiger partial charge in [-0.25, -0.2) is 0 Å². The van der Waals surface area contributed by atoms with Gasteiger partial charge in [-0.15, -0.1) is 0 Å². The maximum Gasteiger partial charge on any atom is 0.171 e. The highest BCUT2D eigenvalue weighted by Gasteiger charge is 1.97. The Morgan fingerprint density at radius 2 is 2.00 bits per heavy atom. The Labute approximate surface area is 77.4 Å². The largest absolute Gasteiger partial charge is 0.389 e. The van der Waals surface area contributed by atoms with Crippen LogP contribution in [0.1, 0.15) is 5.56 Å². The molecule has 3 nitrogen and oxygen atoms in total. The molecule has 0 unspecified atom stereocenters. The van der Waals surface area contributed by atoms with Gasteiger partial charge in [-0.2, -0.15) is 0 Å². The normalized spacial score (nSPS) is 9.92. The van der Waals surface area contributed by atoms with E-state index < -0.39 is 0 Å². The van der Waals surface area contributed by atoms with E-state index in [2.05, 4.69) is 5.32 Å². The van der Waals surface area contributed by atoms with Crippen LogP contribution in [-0.4, -0.2) is 24.0 Å². The van der Waals surface area contributed by atoms with Crippen molar-refractivity contribution in [1.82, 2.24) is 5.32 Å². The molecule has 0 atom stereocenters. The summed E-state index contributed by atoms with van der Waals surface area (Å²) < 4.78 is 0. The number of ketones is 1. The van der Waals surface area contributed by atoms with Crippen molar-refractivity contribution in [3.8, 4) is 0 Å². The van der Waals surface area contributed by atoms with Gasteiger partial charge in [0, 0.05) is 6.54 Å². The molecule has 1 rings (SSSR count). The molecule has 0 amide bonds. The smallest absolute Gasteiger partial charge is 0.171 e. The van der Waals surface area contributed by atoms with Gasteiger partial charge in [0.2, 0.25) is 0 Å². The Morgan fingerprint density at radius 3 is 2.62 bits per heavy atom. The van der Waals surface area contributed by atoms with Gasteiger partial charge < -0.3 is 10.4 Å². The first kappa shape index (κ1) is 9.89. The number of Topliss-reactive ketones (excluding diaryl/α,β-unsaturated/α-hetero) is 1. The minimum atomic E-state index is -0.387. The minimum Gasteiger partial charge on any atom is -0.389 e. The van der Waals surface area contributed by atoms with Crippen LogP contribution in [0, 0.1) is 0 Å². The molecule has 0 spiro atoms. The maximum absolute atomic E-state index is 10.7. The summed E-state index contributed by atoms with van der Waals surface area (Å²) in [4.78, 5) is 10.7. The van der Waals surface area contributed by atoms with E-state index in [0.29, 0.717) is 6.54 Å². The first-order valence-electron chi connectivity index (χ1n) is 4.20. The lowest BCUT2D eigenvalue weighted by Crippen LogP contribution is -2.24. The van der Waals surface area contributed by atoms with Gasteiger partial charge in [0.1, 0.15) is 6.61 Å². The zero-order valence-electron chi connectivity index (χ0n) is 7.36. The molecule has 0 heterocycles. The average molecular weight is 179 g/mol. The lowest BCUT2D eigenvalue weighted by atomic mass is 10.2. The third-order valence-corrected chi connectivity index (χ3v) is 1.67. The van der Waals surface area contributed by atoms with Gasteiger partial charge >= 0.3 is 0 Å². The van der Waals surface area contributed by atoms with Crippen molar-refractivity contribution < 1.29 is 9.90 Å². The van der Waals surface area contributed by atoms with Crippen LogP contribution in [0.4, 0.5) is 0 Å². The molecule has 0 saturated carbocycles. The van der Waals surface area contributed by atoms with E-state index in [-0.39, 0.29) is 18.9 Å². The summed E-state index contributed by atoms with van der Waals surface area (Å²) in [6.07, 6.45) is 0. The fourth-order valence-electron chi connectivity index (χ4n) is 0.998. The molecule has 0 radical (unpaired) electrons. The molecule has 0 bridgehead atoms. The van der Waals surface area contributed by atoms with Crippen LogP contribution >= 0.6 is 0 Å². The molecule has 1 aromatic rings. The molecule has 0 aliphatic carbocycles. The van der Waals surface area contributed by atoms with E-state index in [1.165, 1.54) is 0 Å². The van der Waals surface area contributed by atoms with Gasteiger partial charge in [-0.05, 0) is 5.56 Å². The van der Waals surface area contributed by atoms with Crippen molar-refractivity contribution in [1.29, 1.82) is 0 Å². The third-order valence-electron chi connectivity index (χ3n) is 1.67. The first-order valence-corrected chi connectivity index (χ1v) is 4.20. The van der Waals surface area contributed by atoms with Gasteiger partial charge in [0.25, 0.3) is 0 Å². The van der Waals surface area contributed by atoms with Gasteiger partial charge in [0.05, 0.1) is 6.54 Å². The number of benzene rings is 1. The fourth-order valence-corrected chi connectivity index (χ4v) is 0.998. The number of carbonyl (C=O) groups is 1. The zero-order valence-corrected chi connectivity index (χ0v) is 7.36. The highest BCUT2D eigenvalue weighted by atomic mass is 16.3. The summed E-state index contributed by atoms with van der Waals surface area (Å²) >= 11 is 0. The van der Waals surface area contributed by atoms with Crippen molar-refractivity contribution in [3.05, 3.63) is 35.9 Å². The van der Waals surface area contributed by atoms with Gasteiger partial charge in [-0.3, -0.25) is 4.79 Å². The lowest BCUT2D eigenvalue weighted by molar-refractivity contribution is -0.120. The summed E-state index contributed by atoms with van der Waals surface area (Å²) in [5.74, 6) is -0.184. The van der Waals surface area contributed by atoms with Crippen LogP contribution in [0.25, 0.3) is 0 Å². The van der Waals surface area contributed by atoms with Crippen molar-refractivity contribution in [2.75, 3.05) is 13.2 Å². The van der Waals surface area contributed by atoms with Crippen LogP contribution < -0.4 is 5.32 Å². The molecule has 0 aliphatic rings. The molecule has 70 valence electrons. The predicted octanol–water partition coefficient (Wildman–Crippen LogP) is 0.338. The molecular weight excluding hydrogens is 166 g/mol. The first-order chi connectivity index (χ1) is 6.33. The Kier molecular flexibility index (Phi) is 4.15. The van der Waals surface area contributed by atoms with E-state index in [9.17, 15) is 4.79 Å². The van der Waals surface area contributed by atoms with E-state index in [1.54, 1.807) is 0 Å². The number of carbonyl (C=O) groups excluding carboxylic acids is 1. The molecule has 1 aromatic carbocycles. The van der Waals surface area contributed by atoms with Gasteiger partial charge in [0.15, 0.2) is 5.78 Å². The van der Waals surface area contributed by atoms with Crippen LogP contribution in [0.15, 0.2) is 30.3 Å². The monoisotopic (exact) mass is 179 g/mol. The SMILES string of the molecule is O=C(CO)CNCc1ccccc1. The number of rotatable bonds is 5. The molecule has 0 saturated heterocycles. The quantitative estimate of drug-likeness (QED) is 0.685. The molecular formula is C10H13NO2. The number of hydrogen-bond acceptors (Lipinski definition) is 3. The molecule has 0 aromatic heterocycles. The predicted molar refractivity (Wildman–Crippen MR) is 50.2 cm³/mol. The zero-order chi connectivity index (χ0) is 9.52. The highest BCUT2D eigenvalue weighted by molar-refractivity contribution is 5.81. The van der Waals surface area contributed by atoms with Crippen LogP contribution in [-0.2, 0) is 11.3 Å². The van der Waals surface area contributed by atoms with Crippen molar-refractivity contribution >= 4 is 5.78 Å². The van der Waals surface area contributed by atoms with Crippen molar-refractivity contribution in [2.45, 2.75) is 6.54 Å². The molecule has 0 fully saturated rings. The third kappa shape index (κ3) is 3.83. The second-order valence-electron chi connectivity index (χ2n) is 2.79. The Morgan fingerprint density at radius 1 is 1.31 bits per heavy atom. The van der Waals surface area contributed by atoms with Crippen molar-refractivity contribution in [3.63, 3.8) is 0 Å². The lowest BCUT2D eigenvalue weighted by Gasteiger charge is -2.02. The standard InChI is InChI=1S/C10H13NO2/c12-8-10(13)7-11-6-9-4-2-1-3-5-9/h1-5,11-12H,6-8H2. The maximum atomic E-state index is 10.7. The van der Waals surface area contributed by atoms with E-state index >= 15 is 0 Å². The van der Waals surface area contributed by atoms with Crippen molar-refractivity contribution in [2.24, 2.45) is 0 Å². The summed E-state index contributed by atoms with van der Waals surface area (Å²) in [6, 6.07) is 9.81. The van der Waals surface area contributed by atoms with Gasteiger partial charge in [-0.1, -0.05) is 30.3 Å². The number of nitrogens with one attached hydrogen (secondary N) is 1. The molecule has 13 heavy (non-hydrogen) atoms. The van der Waals surface area contributed by atoms with E-state index in [4.69, 9.17) is 5.11 Å². The minimum absolute atomic E-state index is 0.184. The van der Waals surface area contributed by atoms with E-state index in [1.807, 2.05) is 30.3 Å². The second kappa shape index (κ2) is 5.45. The second-order valence-corrected chi connectivity index (χ2v) is 2.79. The van der Waals surface area contributed by atoms with Crippen LogP contribution in [0.5, 0.6) is 0 Å². The fraction of sp³-hybridized carbons (Fsp3) is 0.300. The average Bonchev–Trinajstić information content (AvgIpc) is 2.19. The Hall–Kier alpha value is -1.19. The van der Waals surface area contributed by atoms with Crippen LogP contribution in [0.3, 0.4) is 0 Å². The number of aliphatic hydroxyl groups excluding tert-OH is 1. The molecule has 2 N–H and O–H groups in total. The summed E-state index contributed by atoms with van der Waals surface area (Å²) in [5.41, 5.74) is 1.13. The van der Waals surface area contributed by atoms with E-state index in [0.717, 1.165) is 5.56 Å². The Bertz CT molecular complexity index is 259. The molecule has 3 heteroatoms. The topological polar surface area (TPSA) is 49.3 Å².